The highest BCUT2D eigenvalue weighted by atomic mass is 127. The Morgan fingerprint density at radius 2 is 1.82 bits per heavy atom. The molecule has 2 rings (SSSR count). The van der Waals surface area contributed by atoms with Gasteiger partial charge in [0.1, 0.15) is 0 Å². The van der Waals surface area contributed by atoms with Crippen molar-refractivity contribution in [1.82, 2.24) is 5.32 Å². The summed E-state index contributed by atoms with van der Waals surface area (Å²) in [4.78, 5) is 23.6. The van der Waals surface area contributed by atoms with Crippen molar-refractivity contribution in [3.63, 3.8) is 0 Å². The van der Waals surface area contributed by atoms with Gasteiger partial charge in [0, 0.05) is 0 Å². The van der Waals surface area contributed by atoms with Crippen molar-refractivity contribution in [1.29, 1.82) is 0 Å². The van der Waals surface area contributed by atoms with Crippen LogP contribution in [0.4, 0.5) is 0 Å². The number of amides is 2. The molecular formula is C13H14INO2. The maximum Gasteiger partial charge on any atom is 0.234 e. The Bertz CT molecular complexity index is 419. The summed E-state index contributed by atoms with van der Waals surface area (Å²) in [6.07, 6.45) is 1.75. The average molecular weight is 343 g/mol. The molecule has 4 heteroatoms. The number of halogens is 1. The monoisotopic (exact) mass is 343 g/mol. The van der Waals surface area contributed by atoms with Crippen LogP contribution in [0.2, 0.25) is 0 Å². The quantitative estimate of drug-likeness (QED) is 0.518. The van der Waals surface area contributed by atoms with Crippen LogP contribution in [0, 0.1) is 5.92 Å². The predicted molar refractivity (Wildman–Crippen MR) is 73.9 cm³/mol. The van der Waals surface area contributed by atoms with Gasteiger partial charge >= 0.3 is 0 Å². The Morgan fingerprint density at radius 3 is 2.47 bits per heavy atom. The van der Waals surface area contributed by atoms with Crippen LogP contribution in [0.1, 0.15) is 24.3 Å². The lowest BCUT2D eigenvalue weighted by atomic mass is 9.85. The maximum atomic E-state index is 11.8. The number of carbonyl (C=O) groups is 2. The lowest BCUT2D eigenvalue weighted by Gasteiger charge is -2.14. The minimum Gasteiger partial charge on any atom is -0.296 e. The van der Waals surface area contributed by atoms with Gasteiger partial charge in [-0.15, -0.1) is 0 Å². The Morgan fingerprint density at radius 1 is 1.12 bits per heavy atom. The Labute approximate surface area is 114 Å². The fourth-order valence-corrected chi connectivity index (χ4v) is 2.71. The minimum atomic E-state index is -0.299. The molecule has 1 aromatic carbocycles. The number of rotatable bonds is 4. The molecule has 1 fully saturated rings. The van der Waals surface area contributed by atoms with Crippen molar-refractivity contribution in [2.75, 3.05) is 4.43 Å². The number of imide groups is 1. The first-order valence-corrected chi connectivity index (χ1v) is 7.22. The van der Waals surface area contributed by atoms with Crippen LogP contribution in [0.15, 0.2) is 30.3 Å². The van der Waals surface area contributed by atoms with Crippen LogP contribution in [0.25, 0.3) is 0 Å². The van der Waals surface area contributed by atoms with E-state index in [0.29, 0.717) is 0 Å². The van der Waals surface area contributed by atoms with Gasteiger partial charge in [-0.2, -0.15) is 0 Å². The van der Waals surface area contributed by atoms with Gasteiger partial charge in [0.25, 0.3) is 0 Å². The molecular weight excluding hydrogens is 329 g/mol. The van der Waals surface area contributed by atoms with Gasteiger partial charge in [0.2, 0.25) is 11.8 Å². The highest BCUT2D eigenvalue weighted by Gasteiger charge is 2.41. The molecule has 1 aliphatic heterocycles. The normalized spacial score (nSPS) is 23.8. The summed E-state index contributed by atoms with van der Waals surface area (Å²) in [6, 6.07) is 9.55. The molecule has 1 aliphatic rings. The SMILES string of the molecule is O=C1NC(=O)[C@@H](c2ccccc2)[C@@H]1CCCI. The van der Waals surface area contributed by atoms with E-state index in [1.54, 1.807) is 0 Å². The van der Waals surface area contributed by atoms with Crippen molar-refractivity contribution >= 4 is 34.4 Å². The summed E-state index contributed by atoms with van der Waals surface area (Å²) in [6.45, 7) is 0. The van der Waals surface area contributed by atoms with E-state index in [2.05, 4.69) is 27.9 Å². The number of hydrogen-bond acceptors (Lipinski definition) is 2. The zero-order valence-corrected chi connectivity index (χ0v) is 11.5. The standard InChI is InChI=1S/C13H14INO2/c14-8-4-7-10-11(13(17)15-12(10)16)9-5-2-1-3-6-9/h1-3,5-6,10-11H,4,7-8H2,(H,15,16,17)/t10-,11-/m0/s1. The van der Waals surface area contributed by atoms with E-state index in [-0.39, 0.29) is 23.7 Å². The van der Waals surface area contributed by atoms with Crippen molar-refractivity contribution in [2.24, 2.45) is 5.92 Å². The first-order chi connectivity index (χ1) is 8.24. The van der Waals surface area contributed by atoms with Crippen LogP contribution in [0.5, 0.6) is 0 Å². The van der Waals surface area contributed by atoms with Gasteiger partial charge in [-0.1, -0.05) is 52.9 Å². The maximum absolute atomic E-state index is 11.8. The van der Waals surface area contributed by atoms with Crippen molar-refractivity contribution < 1.29 is 9.59 Å². The Balaban J connectivity index is 2.23. The second-order valence-electron chi connectivity index (χ2n) is 4.18. The molecule has 0 unspecified atom stereocenters. The second-order valence-corrected chi connectivity index (χ2v) is 5.26. The number of hydrogen-bond donors (Lipinski definition) is 1. The molecule has 0 saturated carbocycles. The molecule has 90 valence electrons. The molecule has 0 bridgehead atoms. The number of nitrogens with one attached hydrogen (secondary N) is 1. The lowest BCUT2D eigenvalue weighted by Crippen LogP contribution is -2.22. The van der Waals surface area contributed by atoms with Crippen LogP contribution >= 0.6 is 22.6 Å². The van der Waals surface area contributed by atoms with Gasteiger partial charge in [-0.3, -0.25) is 14.9 Å². The van der Waals surface area contributed by atoms with Crippen LogP contribution in [0.3, 0.4) is 0 Å². The third-order valence-electron chi connectivity index (χ3n) is 3.08. The third-order valence-corrected chi connectivity index (χ3v) is 3.84. The van der Waals surface area contributed by atoms with Crippen molar-refractivity contribution in [3.8, 4) is 0 Å². The second kappa shape index (κ2) is 5.62. The van der Waals surface area contributed by atoms with Crippen LogP contribution in [-0.4, -0.2) is 16.2 Å². The molecule has 2 atom stereocenters. The number of alkyl halides is 1. The van der Waals surface area contributed by atoms with E-state index < -0.39 is 0 Å². The molecule has 2 amide bonds. The number of benzene rings is 1. The van der Waals surface area contributed by atoms with Gasteiger partial charge in [-0.25, -0.2) is 0 Å². The molecule has 1 aromatic rings. The van der Waals surface area contributed by atoms with E-state index in [4.69, 9.17) is 0 Å². The molecule has 1 heterocycles. The summed E-state index contributed by atoms with van der Waals surface area (Å²) in [5.74, 6) is -0.764. The Hall–Kier alpha value is -0.910. The third kappa shape index (κ3) is 2.68. The molecule has 0 spiro atoms. The molecule has 0 aliphatic carbocycles. The molecule has 0 radical (unpaired) electrons. The number of carbonyl (C=O) groups excluding carboxylic acids is 2. The van der Waals surface area contributed by atoms with Gasteiger partial charge in [0.15, 0.2) is 0 Å². The average Bonchev–Trinajstić information content (AvgIpc) is 2.62. The highest BCUT2D eigenvalue weighted by molar-refractivity contribution is 14.1. The van der Waals surface area contributed by atoms with Gasteiger partial charge < -0.3 is 0 Å². The minimum absolute atomic E-state index is 0.117. The zero-order chi connectivity index (χ0) is 12.3. The first-order valence-electron chi connectivity index (χ1n) is 5.69. The summed E-state index contributed by atoms with van der Waals surface area (Å²) < 4.78 is 1.01. The first kappa shape index (κ1) is 12.5. The lowest BCUT2D eigenvalue weighted by molar-refractivity contribution is -0.125. The summed E-state index contributed by atoms with van der Waals surface area (Å²) in [5.41, 5.74) is 0.939. The zero-order valence-electron chi connectivity index (χ0n) is 9.36. The van der Waals surface area contributed by atoms with E-state index in [0.717, 1.165) is 22.8 Å². The summed E-state index contributed by atoms with van der Waals surface area (Å²) in [7, 11) is 0. The molecule has 0 aromatic heterocycles. The fourth-order valence-electron chi connectivity index (χ4n) is 2.26. The van der Waals surface area contributed by atoms with Gasteiger partial charge in [-0.05, 0) is 22.8 Å². The Kier molecular flexibility index (Phi) is 4.15. The van der Waals surface area contributed by atoms with E-state index in [9.17, 15) is 9.59 Å². The largest absolute Gasteiger partial charge is 0.296 e. The highest BCUT2D eigenvalue weighted by Crippen LogP contribution is 2.33. The van der Waals surface area contributed by atoms with E-state index in [1.165, 1.54) is 0 Å². The molecule has 3 nitrogen and oxygen atoms in total. The van der Waals surface area contributed by atoms with Crippen LogP contribution in [-0.2, 0) is 9.59 Å². The summed E-state index contributed by atoms with van der Waals surface area (Å²) >= 11 is 2.29. The molecule has 1 saturated heterocycles. The smallest absolute Gasteiger partial charge is 0.234 e. The molecule has 1 N–H and O–H groups in total. The van der Waals surface area contributed by atoms with E-state index in [1.807, 2.05) is 30.3 Å². The van der Waals surface area contributed by atoms with Crippen LogP contribution < -0.4 is 5.32 Å². The summed E-state index contributed by atoms with van der Waals surface area (Å²) in [5, 5.41) is 2.44. The predicted octanol–water partition coefficient (Wildman–Crippen LogP) is 2.26. The van der Waals surface area contributed by atoms with Crippen molar-refractivity contribution in [2.45, 2.75) is 18.8 Å². The fraction of sp³-hybridized carbons (Fsp3) is 0.385. The topological polar surface area (TPSA) is 46.2 Å². The van der Waals surface area contributed by atoms with Crippen molar-refractivity contribution in [3.05, 3.63) is 35.9 Å². The molecule has 17 heavy (non-hydrogen) atoms. The van der Waals surface area contributed by atoms with E-state index >= 15 is 0 Å². The van der Waals surface area contributed by atoms with Gasteiger partial charge in [0.05, 0.1) is 11.8 Å².